The van der Waals surface area contributed by atoms with Gasteiger partial charge in [0.2, 0.25) is 0 Å². The average molecular weight is 736 g/mol. The second-order valence-corrected chi connectivity index (χ2v) is 7.50. The third kappa shape index (κ3) is 19.5. The number of hydrogen-bond acceptors (Lipinski definition) is 21. The molecule has 6 unspecified atom stereocenters. The molecule has 0 radical (unpaired) electrons. The minimum Gasteiger partial charge on any atom is -0.550 e. The van der Waals surface area contributed by atoms with Gasteiger partial charge in [-0.1, -0.05) is 0 Å². The Hall–Kier alpha value is -0.101. The van der Waals surface area contributed by atoms with Gasteiger partial charge >= 0.3 is 172 Å². The fraction of sp³-hybridized carbons (Fsp3) is 0.500. The maximum Gasteiger partial charge on any atom is 1.00 e. The number of carboxylic acids is 9. The molecule has 0 aliphatic carbocycles. The molecular weight excluding hydrogens is 717 g/mol. The van der Waals surface area contributed by atoms with Crippen molar-refractivity contribution in [3.05, 3.63) is 0 Å². The van der Waals surface area contributed by atoms with Gasteiger partial charge in [0.1, 0.15) is 16.8 Å². The second-order valence-electron chi connectivity index (χ2n) is 7.50. The van der Waals surface area contributed by atoms with Crippen LogP contribution in [0, 0.1) is 0 Å². The normalized spacial score (nSPS) is 15.6. The molecule has 0 rings (SSSR count). The summed E-state index contributed by atoms with van der Waals surface area (Å²) in [6.45, 7) is 0. The van der Waals surface area contributed by atoms with E-state index in [0.717, 1.165) is 0 Å². The third-order valence-corrected chi connectivity index (χ3v) is 4.36. The number of aliphatic hydroxyl groups excluding tert-OH is 3. The van der Waals surface area contributed by atoms with Crippen LogP contribution in [0.4, 0.5) is 0 Å². The van der Waals surface area contributed by atoms with E-state index < -0.39 is 108 Å². The number of carbonyl (C=O) groups excluding carboxylic acids is 6. The minimum absolute atomic E-state index is 0. The van der Waals surface area contributed by atoms with Crippen molar-refractivity contribution in [3.8, 4) is 0 Å². The van der Waals surface area contributed by atoms with Gasteiger partial charge in [-0.25, -0.2) is 14.4 Å². The van der Waals surface area contributed by atoms with Crippen molar-refractivity contribution in [2.75, 3.05) is 0 Å². The van der Waals surface area contributed by atoms with Crippen LogP contribution in [0.3, 0.4) is 0 Å². The van der Waals surface area contributed by atoms with Crippen molar-refractivity contribution in [2.24, 2.45) is 0 Å². The van der Waals surface area contributed by atoms with Crippen molar-refractivity contribution in [1.29, 1.82) is 0 Å². The van der Waals surface area contributed by atoms with E-state index in [1.807, 2.05) is 0 Å². The van der Waals surface area contributed by atoms with Crippen LogP contribution in [-0.4, -0.2) is 135 Å². The molecule has 0 aliphatic rings. The Balaban J connectivity index is -0.000000123. The fourth-order valence-electron chi connectivity index (χ4n) is 2.11. The van der Waals surface area contributed by atoms with Crippen molar-refractivity contribution in [3.63, 3.8) is 0 Å². The Labute approximate surface area is 375 Å². The molecule has 0 saturated carbocycles. The fourth-order valence-corrected chi connectivity index (χ4v) is 2.11. The number of rotatable bonds is 15. The second kappa shape index (κ2) is 25.0. The van der Waals surface area contributed by atoms with E-state index in [1.165, 1.54) is 0 Å². The van der Waals surface area contributed by atoms with Crippen LogP contribution < -0.4 is 185 Å². The van der Waals surface area contributed by atoms with E-state index in [2.05, 4.69) is 0 Å². The van der Waals surface area contributed by atoms with Gasteiger partial charge in [-0.15, -0.1) is 0 Å². The number of carbonyl (C=O) groups is 9. The molecule has 27 heteroatoms. The molecule has 240 valence electrons. The Bertz CT molecular complexity index is 962. The zero-order valence-electron chi connectivity index (χ0n) is 23.0. The summed E-state index contributed by atoms with van der Waals surface area (Å²) in [6, 6.07) is 0. The first-order chi connectivity index (χ1) is 18.6. The Morgan fingerprint density at radius 3 is 0.622 bits per heavy atom. The van der Waals surface area contributed by atoms with Crippen LogP contribution in [-0.2, 0) is 43.2 Å². The molecule has 0 aromatic heterocycles. The molecule has 24 nitrogen and oxygen atoms in total. The molecule has 0 aliphatic heterocycles. The first-order valence-electron chi connectivity index (χ1n) is 9.78. The van der Waals surface area contributed by atoms with E-state index in [1.54, 1.807) is 0 Å². The first kappa shape index (κ1) is 57.2. The number of aliphatic carboxylic acids is 9. The molecule has 0 aromatic rings. The van der Waals surface area contributed by atoms with Gasteiger partial charge in [0.15, 0.2) is 18.3 Å². The summed E-state index contributed by atoms with van der Waals surface area (Å²) < 4.78 is 0. The smallest absolute Gasteiger partial charge is 0.550 e. The van der Waals surface area contributed by atoms with Gasteiger partial charge in [0, 0.05) is 37.2 Å². The first-order valence-corrected chi connectivity index (χ1v) is 9.78. The quantitative estimate of drug-likeness (QED) is 0.0705. The molecule has 0 bridgehead atoms. The van der Waals surface area contributed by atoms with E-state index in [-0.39, 0.29) is 154 Å². The van der Waals surface area contributed by atoms with Crippen molar-refractivity contribution in [1.82, 2.24) is 0 Å². The molecule has 0 amide bonds. The molecule has 0 spiro atoms. The summed E-state index contributed by atoms with van der Waals surface area (Å²) in [5, 5.41) is 138. The van der Waals surface area contributed by atoms with Gasteiger partial charge in [-0.3, -0.25) is 0 Å². The van der Waals surface area contributed by atoms with Crippen LogP contribution in [0.1, 0.15) is 19.3 Å². The molecule has 0 fully saturated rings. The minimum atomic E-state index is -3.40. The SMILES string of the molecule is O=C([O-])CC(O)(C(=O)[O-])C(O)C(=O)O.O=C([O-])CC(O)(C(=O)[O-])C(O)C(=O)O.O=C([O-])CC(O)(C(=O)[O-])C(O)C(=O)O.[K+].[K+].[K+]. The maximum absolute atomic E-state index is 10.2. The predicted octanol–water partition coefficient (Wildman–Crippen LogP) is -23.8. The zero-order valence-corrected chi connectivity index (χ0v) is 32.4. The molecule has 6 atom stereocenters. The van der Waals surface area contributed by atoms with Crippen molar-refractivity contribution >= 4 is 53.7 Å². The summed E-state index contributed by atoms with van der Waals surface area (Å²) >= 11 is 0. The topological polar surface area (TPSA) is 474 Å². The van der Waals surface area contributed by atoms with E-state index in [4.69, 9.17) is 46.0 Å². The van der Waals surface area contributed by atoms with Crippen LogP contribution in [0.2, 0.25) is 0 Å². The third-order valence-electron chi connectivity index (χ3n) is 4.36. The van der Waals surface area contributed by atoms with E-state index >= 15 is 0 Å². The van der Waals surface area contributed by atoms with Crippen molar-refractivity contribution < 1.29 is 274 Å². The Kier molecular flexibility index (Phi) is 31.7. The summed E-state index contributed by atoms with van der Waals surface area (Å²) in [5.74, 6) is -19.6. The Morgan fingerprint density at radius 1 is 0.422 bits per heavy atom. The Morgan fingerprint density at radius 2 is 0.556 bits per heavy atom. The van der Waals surface area contributed by atoms with Crippen molar-refractivity contribution in [2.45, 2.75) is 54.4 Å². The van der Waals surface area contributed by atoms with Gasteiger partial charge in [-0.05, 0) is 0 Å². The summed E-state index contributed by atoms with van der Waals surface area (Å²) in [7, 11) is 0. The standard InChI is InChI=1S/3C6H8O8.3K/c3*7-2(8)1-6(14,5(12)13)3(9)4(10)11;;;/h3*3,9,14H,1H2,(H,7,8)(H,10,11)(H,12,13);;;/q;;;3*+1/p-6. The molecule has 0 aromatic carbocycles. The largest absolute Gasteiger partial charge is 1.00 e. The number of hydrogen-bond donors (Lipinski definition) is 9. The van der Waals surface area contributed by atoms with E-state index in [9.17, 15) is 73.8 Å². The van der Waals surface area contributed by atoms with Gasteiger partial charge < -0.3 is 105 Å². The van der Waals surface area contributed by atoms with Crippen LogP contribution in [0.15, 0.2) is 0 Å². The summed E-state index contributed by atoms with van der Waals surface area (Å²) in [6.07, 6.45) is -13.1. The average Bonchev–Trinajstić information content (AvgIpc) is 2.81. The summed E-state index contributed by atoms with van der Waals surface area (Å²) in [4.78, 5) is 91.0. The van der Waals surface area contributed by atoms with Crippen LogP contribution in [0.25, 0.3) is 0 Å². The van der Waals surface area contributed by atoms with Crippen LogP contribution in [0.5, 0.6) is 0 Å². The van der Waals surface area contributed by atoms with E-state index in [0.29, 0.717) is 0 Å². The zero-order chi connectivity index (χ0) is 34.5. The van der Waals surface area contributed by atoms with Gasteiger partial charge in [-0.2, -0.15) is 0 Å². The molecule has 0 saturated heterocycles. The number of carboxylic acid groups (broad SMARTS) is 9. The van der Waals surface area contributed by atoms with Crippen LogP contribution >= 0.6 is 0 Å². The van der Waals surface area contributed by atoms with Gasteiger partial charge in [0.05, 0.1) is 17.9 Å². The molecular formula is C18H18K3O24-3. The predicted molar refractivity (Wildman–Crippen MR) is 99.7 cm³/mol. The van der Waals surface area contributed by atoms with Gasteiger partial charge in [0.25, 0.3) is 0 Å². The maximum atomic E-state index is 10.2. The molecule has 9 N–H and O–H groups in total. The molecule has 45 heavy (non-hydrogen) atoms. The number of aliphatic hydroxyl groups is 6. The monoisotopic (exact) mass is 735 g/mol. The molecule has 0 heterocycles. The summed E-state index contributed by atoms with van der Waals surface area (Å²) in [5.41, 5.74) is -10.2.